The van der Waals surface area contributed by atoms with E-state index < -0.39 is 9.84 Å². The quantitative estimate of drug-likeness (QED) is 0.813. The van der Waals surface area contributed by atoms with Crippen LogP contribution in [0.4, 0.5) is 0 Å². The molecule has 1 saturated heterocycles. The largest absolute Gasteiger partial charge is 0.294 e. The first kappa shape index (κ1) is 16.0. The van der Waals surface area contributed by atoms with E-state index in [-0.39, 0.29) is 5.75 Å². The Balaban J connectivity index is 1.67. The fourth-order valence-corrected chi connectivity index (χ4v) is 5.18. The summed E-state index contributed by atoms with van der Waals surface area (Å²) in [6, 6.07) is 11.0. The highest BCUT2D eigenvalue weighted by Crippen LogP contribution is 2.34. The lowest BCUT2D eigenvalue weighted by atomic mass is 10.2. The molecule has 1 aromatic heterocycles. The number of sulfone groups is 1. The molecule has 0 bridgehead atoms. The van der Waals surface area contributed by atoms with E-state index >= 15 is 0 Å². The van der Waals surface area contributed by atoms with Gasteiger partial charge in [-0.2, -0.15) is 0 Å². The van der Waals surface area contributed by atoms with Crippen molar-refractivity contribution in [3.05, 3.63) is 51.7 Å². The van der Waals surface area contributed by atoms with Crippen LogP contribution in [0.2, 0.25) is 5.02 Å². The number of hydrogen-bond acceptors (Lipinski definition) is 4. The number of halogens is 1. The summed E-state index contributed by atoms with van der Waals surface area (Å²) in [5.41, 5.74) is 0. The molecule has 3 rings (SSSR count). The third kappa shape index (κ3) is 3.54. The molecule has 0 amide bonds. The lowest BCUT2D eigenvalue weighted by molar-refractivity contribution is 0.276. The van der Waals surface area contributed by atoms with Gasteiger partial charge in [-0.15, -0.1) is 11.3 Å². The first-order valence-corrected chi connectivity index (χ1v) is 10.2. The Kier molecular flexibility index (Phi) is 4.88. The third-order valence-electron chi connectivity index (χ3n) is 4.06. The lowest BCUT2D eigenvalue weighted by Crippen LogP contribution is -2.28. The first-order chi connectivity index (χ1) is 10.6. The minimum Gasteiger partial charge on any atom is -0.294 e. The third-order valence-corrected chi connectivity index (χ3v) is 6.99. The standard InChI is InChI=1S/C16H18ClNO2S2/c17-13-5-7-14(8-6-13)22(19,20)12-10-18-9-1-3-15(18)16-4-2-11-21-16/h2,4-8,11,15H,1,3,9-10,12H2. The van der Waals surface area contributed by atoms with Gasteiger partial charge in [0.15, 0.2) is 9.84 Å². The predicted octanol–water partition coefficient (Wildman–Crippen LogP) is 4.01. The molecule has 1 aromatic carbocycles. The summed E-state index contributed by atoms with van der Waals surface area (Å²) in [6.45, 7) is 1.55. The lowest BCUT2D eigenvalue weighted by Gasteiger charge is -2.23. The Hall–Kier alpha value is -0.880. The summed E-state index contributed by atoms with van der Waals surface area (Å²) in [7, 11) is -3.25. The highest BCUT2D eigenvalue weighted by molar-refractivity contribution is 7.91. The van der Waals surface area contributed by atoms with Crippen LogP contribution in [0, 0.1) is 0 Å². The van der Waals surface area contributed by atoms with Crippen molar-refractivity contribution >= 4 is 32.8 Å². The van der Waals surface area contributed by atoms with Crippen LogP contribution in [0.1, 0.15) is 23.8 Å². The van der Waals surface area contributed by atoms with E-state index in [4.69, 9.17) is 11.6 Å². The highest BCUT2D eigenvalue weighted by Gasteiger charge is 2.28. The SMILES string of the molecule is O=S(=O)(CCN1CCCC1c1cccs1)c1ccc(Cl)cc1. The number of likely N-dealkylation sites (tertiary alicyclic amines) is 1. The van der Waals surface area contributed by atoms with Crippen molar-refractivity contribution in [2.45, 2.75) is 23.8 Å². The zero-order valence-corrected chi connectivity index (χ0v) is 14.5. The summed E-state index contributed by atoms with van der Waals surface area (Å²) in [5.74, 6) is 0.149. The van der Waals surface area contributed by atoms with E-state index in [0.717, 1.165) is 19.4 Å². The average Bonchev–Trinajstić information content (AvgIpc) is 3.16. The van der Waals surface area contributed by atoms with E-state index in [2.05, 4.69) is 22.4 Å². The maximum absolute atomic E-state index is 12.4. The fraction of sp³-hybridized carbons (Fsp3) is 0.375. The molecule has 2 heterocycles. The van der Waals surface area contributed by atoms with Crippen LogP contribution in [0.5, 0.6) is 0 Å². The minimum absolute atomic E-state index is 0.149. The molecule has 1 unspecified atom stereocenters. The second-order valence-electron chi connectivity index (χ2n) is 5.48. The van der Waals surface area contributed by atoms with E-state index in [1.54, 1.807) is 35.6 Å². The van der Waals surface area contributed by atoms with Gasteiger partial charge in [-0.05, 0) is 55.1 Å². The van der Waals surface area contributed by atoms with Gasteiger partial charge in [-0.1, -0.05) is 17.7 Å². The van der Waals surface area contributed by atoms with Crippen molar-refractivity contribution in [2.24, 2.45) is 0 Å². The molecular formula is C16H18ClNO2S2. The molecule has 0 radical (unpaired) electrons. The van der Waals surface area contributed by atoms with E-state index in [1.165, 1.54) is 4.88 Å². The zero-order valence-electron chi connectivity index (χ0n) is 12.1. The summed E-state index contributed by atoms with van der Waals surface area (Å²) < 4.78 is 24.9. The average molecular weight is 356 g/mol. The van der Waals surface area contributed by atoms with Crippen molar-refractivity contribution in [1.29, 1.82) is 0 Å². The molecular weight excluding hydrogens is 338 g/mol. The van der Waals surface area contributed by atoms with Gasteiger partial charge in [0.05, 0.1) is 10.6 Å². The molecule has 0 N–H and O–H groups in total. The number of rotatable bonds is 5. The van der Waals surface area contributed by atoms with Gasteiger partial charge >= 0.3 is 0 Å². The van der Waals surface area contributed by atoms with E-state index in [0.29, 0.717) is 22.5 Å². The molecule has 0 spiro atoms. The molecule has 1 atom stereocenters. The molecule has 0 saturated carbocycles. The van der Waals surface area contributed by atoms with Gasteiger partial charge in [-0.25, -0.2) is 8.42 Å². The fourth-order valence-electron chi connectivity index (χ4n) is 2.89. The van der Waals surface area contributed by atoms with Crippen molar-refractivity contribution in [3.63, 3.8) is 0 Å². The van der Waals surface area contributed by atoms with Crippen molar-refractivity contribution < 1.29 is 8.42 Å². The second kappa shape index (κ2) is 6.71. The zero-order chi connectivity index (χ0) is 15.6. The number of thiophene rings is 1. The number of hydrogen-bond donors (Lipinski definition) is 0. The highest BCUT2D eigenvalue weighted by atomic mass is 35.5. The topological polar surface area (TPSA) is 37.4 Å². The van der Waals surface area contributed by atoms with Gasteiger partial charge in [-0.3, -0.25) is 4.90 Å². The normalized spacial score (nSPS) is 19.6. The monoisotopic (exact) mass is 355 g/mol. The van der Waals surface area contributed by atoms with Gasteiger partial charge in [0.25, 0.3) is 0 Å². The van der Waals surface area contributed by atoms with Crippen LogP contribution < -0.4 is 0 Å². The molecule has 3 nitrogen and oxygen atoms in total. The maximum Gasteiger partial charge on any atom is 0.179 e. The van der Waals surface area contributed by atoms with Crippen molar-refractivity contribution in [3.8, 4) is 0 Å². The summed E-state index contributed by atoms with van der Waals surface area (Å²) >= 11 is 7.57. The van der Waals surface area contributed by atoms with Crippen LogP contribution in [-0.4, -0.2) is 32.2 Å². The van der Waals surface area contributed by atoms with Crippen molar-refractivity contribution in [2.75, 3.05) is 18.8 Å². The number of nitrogens with zero attached hydrogens (tertiary/aromatic N) is 1. The van der Waals surface area contributed by atoms with Gasteiger partial charge in [0.1, 0.15) is 0 Å². The van der Waals surface area contributed by atoms with E-state index in [9.17, 15) is 8.42 Å². The minimum atomic E-state index is -3.25. The van der Waals surface area contributed by atoms with Gasteiger partial charge in [0.2, 0.25) is 0 Å². The smallest absolute Gasteiger partial charge is 0.179 e. The second-order valence-corrected chi connectivity index (χ2v) is 9.01. The maximum atomic E-state index is 12.4. The predicted molar refractivity (Wildman–Crippen MR) is 91.4 cm³/mol. The molecule has 1 aliphatic rings. The molecule has 118 valence electrons. The Morgan fingerprint density at radius 2 is 2.00 bits per heavy atom. The Morgan fingerprint density at radius 1 is 1.23 bits per heavy atom. The van der Waals surface area contributed by atoms with Crippen LogP contribution in [0.25, 0.3) is 0 Å². The van der Waals surface area contributed by atoms with Crippen LogP contribution in [0.3, 0.4) is 0 Å². The molecule has 2 aromatic rings. The molecule has 0 aliphatic carbocycles. The molecule has 1 fully saturated rings. The Morgan fingerprint density at radius 3 is 2.68 bits per heavy atom. The Labute approximate surface area is 140 Å². The first-order valence-electron chi connectivity index (χ1n) is 7.32. The molecule has 1 aliphatic heterocycles. The van der Waals surface area contributed by atoms with Crippen molar-refractivity contribution in [1.82, 2.24) is 4.90 Å². The van der Waals surface area contributed by atoms with Crippen LogP contribution >= 0.6 is 22.9 Å². The van der Waals surface area contributed by atoms with Gasteiger partial charge in [0, 0.05) is 22.5 Å². The summed E-state index contributed by atoms with van der Waals surface area (Å²) in [6.07, 6.45) is 2.24. The summed E-state index contributed by atoms with van der Waals surface area (Å²) in [4.78, 5) is 3.98. The van der Waals surface area contributed by atoms with Gasteiger partial charge < -0.3 is 0 Å². The Bertz CT molecular complexity index is 711. The van der Waals surface area contributed by atoms with Crippen LogP contribution in [0.15, 0.2) is 46.7 Å². The number of benzene rings is 1. The van der Waals surface area contributed by atoms with Crippen LogP contribution in [-0.2, 0) is 9.84 Å². The molecule has 22 heavy (non-hydrogen) atoms. The van der Waals surface area contributed by atoms with E-state index in [1.807, 2.05) is 0 Å². The molecule has 6 heteroatoms. The summed E-state index contributed by atoms with van der Waals surface area (Å²) in [5, 5.41) is 2.63.